The first-order valence-electron chi connectivity index (χ1n) is 5.29. The first-order valence-corrected chi connectivity index (χ1v) is 5.67. The third kappa shape index (κ3) is 3.10. The van der Waals surface area contributed by atoms with Crippen LogP contribution < -0.4 is 10.6 Å². The topological polar surface area (TPSA) is 84.3 Å². The number of carbonyl (C=O) groups excluding carboxylic acids is 1. The van der Waals surface area contributed by atoms with Crippen molar-refractivity contribution in [3.8, 4) is 0 Å². The molecule has 0 saturated heterocycles. The molecule has 0 bridgehead atoms. The van der Waals surface area contributed by atoms with Crippen LogP contribution in [-0.4, -0.2) is 23.9 Å². The molecule has 0 aliphatic heterocycles. The largest absolute Gasteiger partial charge is 0.374 e. The Balaban J connectivity index is 3.02. The van der Waals surface area contributed by atoms with Crippen LogP contribution in [0.2, 0.25) is 5.02 Å². The second-order valence-corrected chi connectivity index (χ2v) is 4.26. The number of aryl methyl sites for hydroxylation is 1. The molecular formula is C11H14ClN3O3. The SMILES string of the molecule is CNC(=O)C(C)Nc1cc(Cl)c([N+](=O)[O-])cc1C. The highest BCUT2D eigenvalue weighted by Gasteiger charge is 2.17. The molecule has 18 heavy (non-hydrogen) atoms. The van der Waals surface area contributed by atoms with Crippen LogP contribution in [0.3, 0.4) is 0 Å². The molecule has 0 aliphatic carbocycles. The first-order chi connectivity index (χ1) is 8.36. The molecule has 98 valence electrons. The monoisotopic (exact) mass is 271 g/mol. The Morgan fingerprint density at radius 2 is 2.11 bits per heavy atom. The lowest BCUT2D eigenvalue weighted by atomic mass is 10.1. The number of benzene rings is 1. The summed E-state index contributed by atoms with van der Waals surface area (Å²) in [5.74, 6) is -0.177. The molecule has 0 heterocycles. The van der Waals surface area contributed by atoms with Gasteiger partial charge in [-0.2, -0.15) is 0 Å². The lowest BCUT2D eigenvalue weighted by Gasteiger charge is -2.15. The number of hydrogen-bond donors (Lipinski definition) is 2. The molecule has 0 aromatic heterocycles. The quantitative estimate of drug-likeness (QED) is 0.649. The Labute approximate surface area is 109 Å². The van der Waals surface area contributed by atoms with Crippen molar-refractivity contribution in [3.05, 3.63) is 32.8 Å². The zero-order valence-corrected chi connectivity index (χ0v) is 11.0. The summed E-state index contributed by atoms with van der Waals surface area (Å²) in [5.41, 5.74) is 1.11. The van der Waals surface area contributed by atoms with Crippen LogP contribution in [0.25, 0.3) is 0 Å². The summed E-state index contributed by atoms with van der Waals surface area (Å²) in [5, 5.41) is 16.2. The number of nitro groups is 1. The number of halogens is 1. The Morgan fingerprint density at radius 1 is 1.50 bits per heavy atom. The van der Waals surface area contributed by atoms with E-state index < -0.39 is 11.0 Å². The van der Waals surface area contributed by atoms with Crippen molar-refractivity contribution in [2.24, 2.45) is 0 Å². The van der Waals surface area contributed by atoms with E-state index in [1.165, 1.54) is 19.2 Å². The molecule has 0 fully saturated rings. The Kier molecular flexibility index (Phi) is 4.49. The predicted octanol–water partition coefficient (Wildman–Crippen LogP) is 2.10. The highest BCUT2D eigenvalue weighted by molar-refractivity contribution is 6.33. The molecule has 7 heteroatoms. The number of hydrogen-bond acceptors (Lipinski definition) is 4. The highest BCUT2D eigenvalue weighted by Crippen LogP contribution is 2.30. The van der Waals surface area contributed by atoms with Gasteiger partial charge in [-0.3, -0.25) is 14.9 Å². The zero-order chi connectivity index (χ0) is 13.9. The fourth-order valence-electron chi connectivity index (χ4n) is 1.48. The molecule has 1 atom stereocenters. The number of nitrogens with zero attached hydrogens (tertiary/aromatic N) is 1. The van der Waals surface area contributed by atoms with Crippen LogP contribution in [0, 0.1) is 17.0 Å². The molecule has 1 amide bonds. The number of amides is 1. The molecule has 0 saturated carbocycles. The van der Waals surface area contributed by atoms with E-state index in [-0.39, 0.29) is 16.6 Å². The molecule has 1 rings (SSSR count). The van der Waals surface area contributed by atoms with Crippen molar-refractivity contribution >= 4 is 28.9 Å². The van der Waals surface area contributed by atoms with E-state index in [0.717, 1.165) is 0 Å². The number of nitro benzene ring substituents is 1. The van der Waals surface area contributed by atoms with E-state index in [4.69, 9.17) is 11.6 Å². The van der Waals surface area contributed by atoms with Gasteiger partial charge in [-0.15, -0.1) is 0 Å². The number of likely N-dealkylation sites (N-methyl/N-ethyl adjacent to an activating group) is 1. The van der Waals surface area contributed by atoms with Gasteiger partial charge in [-0.1, -0.05) is 11.6 Å². The third-order valence-corrected chi connectivity index (χ3v) is 2.80. The van der Waals surface area contributed by atoms with Gasteiger partial charge in [-0.25, -0.2) is 0 Å². The summed E-state index contributed by atoms with van der Waals surface area (Å²) >= 11 is 5.81. The molecule has 6 nitrogen and oxygen atoms in total. The minimum atomic E-state index is -0.540. The second-order valence-electron chi connectivity index (χ2n) is 3.86. The van der Waals surface area contributed by atoms with Gasteiger partial charge in [0.15, 0.2) is 0 Å². The molecule has 2 N–H and O–H groups in total. The summed E-state index contributed by atoms with van der Waals surface area (Å²) in [6, 6.07) is 2.38. The van der Waals surface area contributed by atoms with Crippen LogP contribution in [0.5, 0.6) is 0 Å². The van der Waals surface area contributed by atoms with E-state index >= 15 is 0 Å². The van der Waals surface area contributed by atoms with Crippen LogP contribution in [0.4, 0.5) is 11.4 Å². The van der Waals surface area contributed by atoms with Crippen molar-refractivity contribution in [1.29, 1.82) is 0 Å². The molecule has 0 spiro atoms. The lowest BCUT2D eigenvalue weighted by Crippen LogP contribution is -2.35. The average Bonchev–Trinajstić information content (AvgIpc) is 2.31. The maximum atomic E-state index is 11.4. The molecule has 0 aliphatic rings. The van der Waals surface area contributed by atoms with Crippen LogP contribution in [-0.2, 0) is 4.79 Å². The van der Waals surface area contributed by atoms with Gasteiger partial charge >= 0.3 is 0 Å². The van der Waals surface area contributed by atoms with Gasteiger partial charge in [0.25, 0.3) is 5.69 Å². The van der Waals surface area contributed by atoms with Gasteiger partial charge < -0.3 is 10.6 Å². The minimum Gasteiger partial charge on any atom is -0.374 e. The van der Waals surface area contributed by atoms with Crippen LogP contribution in [0.1, 0.15) is 12.5 Å². The lowest BCUT2D eigenvalue weighted by molar-refractivity contribution is -0.384. The number of rotatable bonds is 4. The first kappa shape index (κ1) is 14.2. The van der Waals surface area contributed by atoms with Crippen molar-refractivity contribution in [2.45, 2.75) is 19.9 Å². The fraction of sp³-hybridized carbons (Fsp3) is 0.364. The molecular weight excluding hydrogens is 258 g/mol. The fourth-order valence-corrected chi connectivity index (χ4v) is 1.71. The van der Waals surface area contributed by atoms with E-state index in [2.05, 4.69) is 10.6 Å². The van der Waals surface area contributed by atoms with E-state index in [1.807, 2.05) is 0 Å². The maximum Gasteiger partial charge on any atom is 0.288 e. The highest BCUT2D eigenvalue weighted by atomic mass is 35.5. The van der Waals surface area contributed by atoms with Crippen molar-refractivity contribution in [3.63, 3.8) is 0 Å². The maximum absolute atomic E-state index is 11.4. The van der Waals surface area contributed by atoms with Crippen molar-refractivity contribution < 1.29 is 9.72 Å². The van der Waals surface area contributed by atoms with E-state index in [0.29, 0.717) is 11.3 Å². The van der Waals surface area contributed by atoms with E-state index in [1.54, 1.807) is 13.8 Å². The number of anilines is 1. The van der Waals surface area contributed by atoms with Gasteiger partial charge in [0.1, 0.15) is 11.1 Å². The third-order valence-electron chi connectivity index (χ3n) is 2.50. The van der Waals surface area contributed by atoms with Crippen molar-refractivity contribution in [2.75, 3.05) is 12.4 Å². The average molecular weight is 272 g/mol. The number of nitrogens with one attached hydrogen (secondary N) is 2. The standard InChI is InChI=1S/C11H14ClN3O3/c1-6-4-10(15(17)18)8(12)5-9(6)14-7(2)11(16)13-3/h4-5,7,14H,1-3H3,(H,13,16). The summed E-state index contributed by atoms with van der Waals surface area (Å²) in [6.07, 6.45) is 0. The summed E-state index contributed by atoms with van der Waals surface area (Å²) in [7, 11) is 1.54. The van der Waals surface area contributed by atoms with Gasteiger partial charge in [0, 0.05) is 18.8 Å². The smallest absolute Gasteiger partial charge is 0.288 e. The Hall–Kier alpha value is -1.82. The summed E-state index contributed by atoms with van der Waals surface area (Å²) in [6.45, 7) is 3.40. The van der Waals surface area contributed by atoms with Crippen LogP contribution in [0.15, 0.2) is 12.1 Å². The second kappa shape index (κ2) is 5.68. The molecule has 1 aromatic rings. The normalized spacial score (nSPS) is 11.8. The van der Waals surface area contributed by atoms with E-state index in [9.17, 15) is 14.9 Å². The summed E-state index contributed by atoms with van der Waals surface area (Å²) < 4.78 is 0. The molecule has 1 unspecified atom stereocenters. The predicted molar refractivity (Wildman–Crippen MR) is 70.0 cm³/mol. The molecule has 0 radical (unpaired) electrons. The number of carbonyl (C=O) groups is 1. The van der Waals surface area contributed by atoms with Crippen molar-refractivity contribution in [1.82, 2.24) is 5.32 Å². The summed E-state index contributed by atoms with van der Waals surface area (Å²) in [4.78, 5) is 21.5. The van der Waals surface area contributed by atoms with Gasteiger partial charge in [-0.05, 0) is 25.5 Å². The zero-order valence-electron chi connectivity index (χ0n) is 10.3. The Bertz CT molecular complexity index is 491. The van der Waals surface area contributed by atoms with Crippen LogP contribution >= 0.6 is 11.6 Å². The Morgan fingerprint density at radius 3 is 2.61 bits per heavy atom. The van der Waals surface area contributed by atoms with Gasteiger partial charge in [0.05, 0.1) is 4.92 Å². The molecule has 1 aromatic carbocycles. The minimum absolute atomic E-state index is 0.0391. The van der Waals surface area contributed by atoms with Gasteiger partial charge in [0.2, 0.25) is 5.91 Å².